The molecule has 6 nitrogen and oxygen atoms in total. The molecule has 0 spiro atoms. The normalized spacial score (nSPS) is 18.0. The minimum Gasteiger partial charge on any atom is -0.490 e. The lowest BCUT2D eigenvalue weighted by atomic mass is 9.76. The van der Waals surface area contributed by atoms with E-state index in [4.69, 9.17) is 26.8 Å². The third kappa shape index (κ3) is 4.40. The minimum absolute atomic E-state index is 0.0477. The van der Waals surface area contributed by atoms with E-state index < -0.39 is 5.92 Å². The predicted octanol–water partition coefficient (Wildman–Crippen LogP) is 5.81. The first-order chi connectivity index (χ1) is 16.4. The molecule has 0 saturated carbocycles. The number of Topliss-reactive ketones (excluding diaryl/α,β-unsaturated/α-hetero) is 1. The fourth-order valence-corrected chi connectivity index (χ4v) is 5.28. The zero-order valence-corrected chi connectivity index (χ0v) is 21.4. The number of allylic oxidation sites excluding steroid dienone is 3. The van der Waals surface area contributed by atoms with E-state index in [2.05, 4.69) is 22.0 Å². The van der Waals surface area contributed by atoms with Gasteiger partial charge in [-0.3, -0.25) is 4.79 Å². The summed E-state index contributed by atoms with van der Waals surface area (Å²) in [5.41, 5.74) is 9.83. The summed E-state index contributed by atoms with van der Waals surface area (Å²) in [7, 11) is 1.81. The first kappa shape index (κ1) is 24.2. The quantitative estimate of drug-likeness (QED) is 0.495. The number of ether oxygens (including phenoxy) is 2. The van der Waals surface area contributed by atoms with Crippen molar-refractivity contribution >= 4 is 33.3 Å². The molecule has 0 radical (unpaired) electrons. The van der Waals surface area contributed by atoms with Gasteiger partial charge in [0.2, 0.25) is 0 Å². The summed E-state index contributed by atoms with van der Waals surface area (Å²) in [6, 6.07) is 13.4. The van der Waals surface area contributed by atoms with Crippen LogP contribution in [-0.4, -0.2) is 24.3 Å². The Morgan fingerprint density at radius 2 is 2.03 bits per heavy atom. The van der Waals surface area contributed by atoms with E-state index in [0.717, 1.165) is 29.7 Å². The highest BCUT2D eigenvalue weighted by molar-refractivity contribution is 9.10. The van der Waals surface area contributed by atoms with Crippen LogP contribution in [0.4, 0.5) is 0 Å². The van der Waals surface area contributed by atoms with E-state index in [1.165, 1.54) is 0 Å². The van der Waals surface area contributed by atoms with Gasteiger partial charge in [-0.1, -0.05) is 29.8 Å². The van der Waals surface area contributed by atoms with Crippen LogP contribution in [-0.2, 0) is 11.4 Å². The lowest BCUT2D eigenvalue weighted by Gasteiger charge is -2.37. The van der Waals surface area contributed by atoms with Crippen molar-refractivity contribution in [3.63, 3.8) is 0 Å². The van der Waals surface area contributed by atoms with Crippen molar-refractivity contribution in [3.8, 4) is 17.6 Å². The smallest absolute Gasteiger partial charge is 0.175 e. The number of nitrogens with zero attached hydrogens (tertiary/aromatic N) is 2. The highest BCUT2D eigenvalue weighted by Crippen LogP contribution is 2.47. The van der Waals surface area contributed by atoms with E-state index in [1.807, 2.05) is 50.4 Å². The van der Waals surface area contributed by atoms with Crippen LogP contribution in [0, 0.1) is 11.3 Å². The van der Waals surface area contributed by atoms with Crippen molar-refractivity contribution in [2.24, 2.45) is 5.73 Å². The van der Waals surface area contributed by atoms with Gasteiger partial charge in [-0.15, -0.1) is 0 Å². The molecule has 0 bridgehead atoms. The molecule has 0 saturated heterocycles. The van der Waals surface area contributed by atoms with Crippen LogP contribution >= 0.6 is 27.5 Å². The molecule has 0 amide bonds. The zero-order chi connectivity index (χ0) is 24.4. The van der Waals surface area contributed by atoms with E-state index in [1.54, 1.807) is 4.90 Å². The van der Waals surface area contributed by atoms with Crippen molar-refractivity contribution in [2.75, 3.05) is 13.7 Å². The average Bonchev–Trinajstić information content (AvgIpc) is 2.82. The van der Waals surface area contributed by atoms with Gasteiger partial charge < -0.3 is 20.1 Å². The lowest BCUT2D eigenvalue weighted by Crippen LogP contribution is -2.36. The van der Waals surface area contributed by atoms with Crippen LogP contribution in [0.2, 0.25) is 5.02 Å². The lowest BCUT2D eigenvalue weighted by molar-refractivity contribution is -0.116. The molecule has 1 heterocycles. The van der Waals surface area contributed by atoms with Crippen LogP contribution in [0.1, 0.15) is 43.2 Å². The van der Waals surface area contributed by atoms with Crippen molar-refractivity contribution in [1.29, 1.82) is 5.26 Å². The van der Waals surface area contributed by atoms with E-state index >= 15 is 0 Å². The van der Waals surface area contributed by atoms with E-state index in [0.29, 0.717) is 51.0 Å². The second-order valence-corrected chi connectivity index (χ2v) is 9.44. The summed E-state index contributed by atoms with van der Waals surface area (Å²) in [6.45, 7) is 2.57. The molecule has 176 valence electrons. The van der Waals surface area contributed by atoms with Crippen molar-refractivity contribution in [3.05, 3.63) is 79.7 Å². The summed E-state index contributed by atoms with van der Waals surface area (Å²) in [6.07, 6.45) is 1.97. The van der Waals surface area contributed by atoms with Gasteiger partial charge in [0, 0.05) is 35.3 Å². The molecule has 1 aliphatic heterocycles. The largest absolute Gasteiger partial charge is 0.490 e. The third-order valence-corrected chi connectivity index (χ3v) is 7.12. The Hall–Kier alpha value is -2.95. The Morgan fingerprint density at radius 3 is 2.74 bits per heavy atom. The van der Waals surface area contributed by atoms with Crippen molar-refractivity contribution in [2.45, 2.75) is 38.7 Å². The van der Waals surface area contributed by atoms with Gasteiger partial charge in [-0.25, -0.2) is 0 Å². The summed E-state index contributed by atoms with van der Waals surface area (Å²) in [5.74, 6) is 0.898. The summed E-state index contributed by atoms with van der Waals surface area (Å²) < 4.78 is 12.7. The molecule has 0 fully saturated rings. The maximum absolute atomic E-state index is 13.0. The van der Waals surface area contributed by atoms with Crippen molar-refractivity contribution < 1.29 is 14.3 Å². The number of carbonyl (C=O) groups excluding carboxylic acids is 1. The number of carbonyl (C=O) groups is 1. The monoisotopic (exact) mass is 541 g/mol. The average molecular weight is 543 g/mol. The standard InChI is InChI=1S/C26H25BrClN3O3/c1-3-33-22-12-16(11-18(27)25(22)34-14-15-7-4-5-8-19(15)28)23-17(13-29)26(30)31(2)20-9-6-10-21(32)24(20)23/h4-5,7-8,11-12,23H,3,6,9-10,14,30H2,1-2H3/t23-/m1/s1. The second kappa shape index (κ2) is 10.1. The Bertz CT molecular complexity index is 1250. The second-order valence-electron chi connectivity index (χ2n) is 8.18. The SMILES string of the molecule is CCOc1cc([C@@H]2C(C#N)=C(N)N(C)C3=C2C(=O)CCC3)cc(Br)c1OCc1ccccc1Cl. The molecule has 0 aromatic heterocycles. The highest BCUT2D eigenvalue weighted by Gasteiger charge is 2.39. The summed E-state index contributed by atoms with van der Waals surface area (Å²) in [5, 5.41) is 10.6. The molecule has 0 unspecified atom stereocenters. The Labute approximate surface area is 212 Å². The zero-order valence-electron chi connectivity index (χ0n) is 19.0. The number of nitrogens with two attached hydrogens (primary N) is 1. The van der Waals surface area contributed by atoms with Gasteiger partial charge in [0.15, 0.2) is 17.3 Å². The topological polar surface area (TPSA) is 88.6 Å². The third-order valence-electron chi connectivity index (χ3n) is 6.16. The number of ketones is 1. The highest BCUT2D eigenvalue weighted by atomic mass is 79.9. The number of hydrogen-bond donors (Lipinski definition) is 1. The van der Waals surface area contributed by atoms with Gasteiger partial charge in [0.25, 0.3) is 0 Å². The number of nitriles is 1. The molecule has 2 aliphatic rings. The fourth-order valence-electron chi connectivity index (χ4n) is 4.52. The Balaban J connectivity index is 1.79. The molecule has 1 aliphatic carbocycles. The van der Waals surface area contributed by atoms with Gasteiger partial charge in [0.1, 0.15) is 12.4 Å². The Morgan fingerprint density at radius 1 is 1.26 bits per heavy atom. The number of hydrogen-bond acceptors (Lipinski definition) is 6. The molecular formula is C26H25BrClN3O3. The van der Waals surface area contributed by atoms with Gasteiger partial charge in [0.05, 0.1) is 28.6 Å². The molecule has 2 aromatic carbocycles. The molecular weight excluding hydrogens is 518 g/mol. The maximum Gasteiger partial charge on any atom is 0.175 e. The Kier molecular flexibility index (Phi) is 7.20. The maximum atomic E-state index is 13.0. The molecule has 1 atom stereocenters. The predicted molar refractivity (Wildman–Crippen MR) is 134 cm³/mol. The summed E-state index contributed by atoms with van der Waals surface area (Å²) in [4.78, 5) is 14.8. The van der Waals surface area contributed by atoms with E-state index in [-0.39, 0.29) is 12.4 Å². The van der Waals surface area contributed by atoms with E-state index in [9.17, 15) is 10.1 Å². The van der Waals surface area contributed by atoms with Gasteiger partial charge in [-0.05, 0) is 59.5 Å². The molecule has 34 heavy (non-hydrogen) atoms. The first-order valence-corrected chi connectivity index (χ1v) is 12.3. The van der Waals surface area contributed by atoms with Crippen LogP contribution in [0.3, 0.4) is 0 Å². The molecule has 4 rings (SSSR count). The summed E-state index contributed by atoms with van der Waals surface area (Å²) >= 11 is 9.90. The van der Waals surface area contributed by atoms with Crippen LogP contribution in [0.25, 0.3) is 0 Å². The fraction of sp³-hybridized carbons (Fsp3) is 0.308. The molecule has 2 N–H and O–H groups in total. The number of rotatable bonds is 6. The van der Waals surface area contributed by atoms with Crippen LogP contribution in [0.15, 0.2) is 63.5 Å². The van der Waals surface area contributed by atoms with Gasteiger partial charge in [-0.2, -0.15) is 5.26 Å². The van der Waals surface area contributed by atoms with Gasteiger partial charge >= 0.3 is 0 Å². The molecule has 2 aromatic rings. The molecule has 8 heteroatoms. The van der Waals surface area contributed by atoms with Crippen LogP contribution in [0.5, 0.6) is 11.5 Å². The number of benzene rings is 2. The first-order valence-electron chi connectivity index (χ1n) is 11.1. The number of halogens is 2. The minimum atomic E-state index is -0.558. The van der Waals surface area contributed by atoms with Crippen molar-refractivity contribution in [1.82, 2.24) is 4.90 Å². The van der Waals surface area contributed by atoms with Crippen LogP contribution < -0.4 is 15.2 Å².